The minimum atomic E-state index is -7.82. The van der Waals surface area contributed by atoms with Gasteiger partial charge in [0.1, 0.15) is 0 Å². The van der Waals surface area contributed by atoms with E-state index in [9.17, 15) is 96.6 Å². The molecule has 0 aliphatic carbocycles. The summed E-state index contributed by atoms with van der Waals surface area (Å²) in [5, 5.41) is 0. The number of alkyl halides is 22. The molecule has 0 spiro atoms. The standard InChI is InChI=1S/C15H19F13Te.C9H11F3Te.C9H19F3Te.C6H11F3Te/c1-8(2)6-5-7-9(3,4)29(8)15(27,28)13(22,23)11(18,19)10(16,17)12(20,21)14(24,25)26;1-2-13(9(10,11)12)8-6-4-3-5-7-8;1-3-5-7-13(8-6-4-2)9(10,11)12;7-6(8,9)5-10-3-1-2-4-10/h29H,5-7H2,1-4H3;3-7,13H,2H2,1H3;13H,3-8H2,1-2H3;10H,1-5H2. The van der Waals surface area contributed by atoms with Crippen LogP contribution in [0.2, 0.25) is 33.7 Å². The second-order valence-electron chi connectivity index (χ2n) is 16.5. The first-order chi connectivity index (χ1) is 29.0. The van der Waals surface area contributed by atoms with Crippen molar-refractivity contribution < 1.29 is 96.6 Å². The van der Waals surface area contributed by atoms with E-state index in [2.05, 4.69) is 0 Å². The van der Waals surface area contributed by atoms with Crippen molar-refractivity contribution in [2.75, 3.05) is 0 Å². The summed E-state index contributed by atoms with van der Waals surface area (Å²) in [6.45, 7) is 9.76. The van der Waals surface area contributed by atoms with E-state index in [1.807, 2.05) is 13.8 Å². The summed E-state index contributed by atoms with van der Waals surface area (Å²) < 4.78 is 271. The van der Waals surface area contributed by atoms with Crippen LogP contribution >= 0.6 is 0 Å². The molecule has 2 fully saturated rings. The summed E-state index contributed by atoms with van der Waals surface area (Å²) in [5.74, 6) is -30.3. The van der Waals surface area contributed by atoms with Gasteiger partial charge in [-0.05, 0) is 0 Å². The third-order valence-corrected chi connectivity index (χ3v) is 41.6. The Hall–Kier alpha value is 0.838. The maximum absolute atomic E-state index is 14.8. The van der Waals surface area contributed by atoms with E-state index < -0.39 is 134 Å². The first kappa shape index (κ1) is 65.8. The molecule has 2 saturated heterocycles. The first-order valence-corrected chi connectivity index (χ1v) is 38.7. The zero-order valence-electron chi connectivity index (χ0n) is 36.6. The molecule has 3 rings (SSSR count). The van der Waals surface area contributed by atoms with E-state index in [-0.39, 0.29) is 28.2 Å². The Morgan fingerprint density at radius 3 is 1.25 bits per heavy atom. The molecule has 1 aromatic carbocycles. The molecule has 0 radical (unpaired) electrons. The van der Waals surface area contributed by atoms with Gasteiger partial charge >= 0.3 is 397 Å². The van der Waals surface area contributed by atoms with Crippen molar-refractivity contribution in [2.24, 2.45) is 0 Å². The van der Waals surface area contributed by atoms with Crippen LogP contribution < -0.4 is 3.61 Å². The summed E-state index contributed by atoms with van der Waals surface area (Å²) in [5.41, 5.74) is 0. The molecule has 2 heterocycles. The normalized spacial score (nSPS) is 19.8. The summed E-state index contributed by atoms with van der Waals surface area (Å²) in [4.78, 5) is 0. The topological polar surface area (TPSA) is 0 Å². The van der Waals surface area contributed by atoms with Gasteiger partial charge in [-0.25, -0.2) is 0 Å². The van der Waals surface area contributed by atoms with Crippen LogP contribution in [0.5, 0.6) is 0 Å². The zero-order valence-corrected chi connectivity index (χ0v) is 46.8. The van der Waals surface area contributed by atoms with Crippen molar-refractivity contribution in [3.05, 3.63) is 30.3 Å². The Bertz CT molecular complexity index is 1480. The van der Waals surface area contributed by atoms with Crippen LogP contribution in [0.3, 0.4) is 0 Å². The van der Waals surface area contributed by atoms with Crippen LogP contribution in [0.25, 0.3) is 0 Å². The van der Waals surface area contributed by atoms with Crippen LogP contribution in [0, 0.1) is 0 Å². The Kier molecular flexibility index (Phi) is 25.8. The molecule has 1 unspecified atom stereocenters. The molecular weight excluding hydrogens is 1400 g/mol. The summed E-state index contributed by atoms with van der Waals surface area (Å²) >= 11 is -13.0. The number of hydrogen-bond acceptors (Lipinski definition) is 0. The molecule has 1 atom stereocenters. The Balaban J connectivity index is 0.000000940. The van der Waals surface area contributed by atoms with Gasteiger partial charge in [0.15, 0.2) is 0 Å². The zero-order chi connectivity index (χ0) is 51.5. The van der Waals surface area contributed by atoms with E-state index in [0.717, 1.165) is 75.2 Å². The summed E-state index contributed by atoms with van der Waals surface area (Å²) in [7, 11) is 0. The van der Waals surface area contributed by atoms with E-state index in [1.165, 1.54) is 0 Å². The van der Waals surface area contributed by atoms with Gasteiger partial charge in [0.25, 0.3) is 0 Å². The van der Waals surface area contributed by atoms with Crippen LogP contribution in [-0.4, -0.2) is 127 Å². The predicted octanol–water partition coefficient (Wildman–Crippen LogP) is 16.0. The van der Waals surface area contributed by atoms with Crippen molar-refractivity contribution in [1.29, 1.82) is 0 Å². The molecule has 0 bridgehead atoms. The van der Waals surface area contributed by atoms with Crippen molar-refractivity contribution in [2.45, 2.75) is 188 Å². The number of halogens is 22. The average molecular weight is 1460 g/mol. The van der Waals surface area contributed by atoms with Gasteiger partial charge in [0.2, 0.25) is 0 Å². The van der Waals surface area contributed by atoms with Crippen molar-refractivity contribution in [3.63, 3.8) is 0 Å². The molecule has 0 aromatic heterocycles. The van der Waals surface area contributed by atoms with Gasteiger partial charge in [-0.15, -0.1) is 0 Å². The molecule has 0 amide bonds. The second-order valence-corrected chi connectivity index (χ2v) is 48.4. The molecule has 65 heavy (non-hydrogen) atoms. The van der Waals surface area contributed by atoms with Gasteiger partial charge in [-0.2, -0.15) is 0 Å². The molecule has 0 saturated carbocycles. The third-order valence-electron chi connectivity index (χ3n) is 10.2. The molecule has 0 nitrogen and oxygen atoms in total. The number of hydrogen-bond donors (Lipinski definition) is 0. The monoisotopic (exact) mass is 1470 g/mol. The molecule has 26 heteroatoms. The van der Waals surface area contributed by atoms with Crippen LogP contribution in [0.4, 0.5) is 96.6 Å². The molecular formula is C39H60F22Te4. The molecule has 2 aliphatic heterocycles. The maximum atomic E-state index is 14.8. The number of benzene rings is 1. The van der Waals surface area contributed by atoms with Gasteiger partial charge in [-0.1, -0.05) is 0 Å². The van der Waals surface area contributed by atoms with E-state index in [1.54, 1.807) is 37.3 Å². The van der Waals surface area contributed by atoms with Crippen LogP contribution in [-0.2, 0) is 0 Å². The Morgan fingerprint density at radius 1 is 0.523 bits per heavy atom. The van der Waals surface area contributed by atoms with Crippen molar-refractivity contribution in [3.8, 4) is 0 Å². The second kappa shape index (κ2) is 25.5. The fraction of sp³-hybridized carbons (Fsp3) is 0.846. The van der Waals surface area contributed by atoms with Crippen LogP contribution in [0.1, 0.15) is 106 Å². The van der Waals surface area contributed by atoms with E-state index in [0.29, 0.717) is 12.5 Å². The van der Waals surface area contributed by atoms with Crippen molar-refractivity contribution >= 4 is 81.8 Å². The Morgan fingerprint density at radius 2 is 0.923 bits per heavy atom. The first-order valence-electron chi connectivity index (χ1n) is 20.2. The Labute approximate surface area is 394 Å². The summed E-state index contributed by atoms with van der Waals surface area (Å²) in [6, 6.07) is 8.29. The van der Waals surface area contributed by atoms with Gasteiger partial charge in [0, 0.05) is 0 Å². The molecule has 2 aliphatic rings. The van der Waals surface area contributed by atoms with Gasteiger partial charge < -0.3 is 0 Å². The number of unbranched alkanes of at least 4 members (excludes halogenated alkanes) is 2. The van der Waals surface area contributed by atoms with E-state index >= 15 is 0 Å². The van der Waals surface area contributed by atoms with Crippen LogP contribution in [0.15, 0.2) is 30.3 Å². The fourth-order valence-electron chi connectivity index (χ4n) is 7.03. The molecule has 1 aromatic rings. The fourth-order valence-corrected chi connectivity index (χ4v) is 36.7. The van der Waals surface area contributed by atoms with Crippen molar-refractivity contribution in [1.82, 2.24) is 0 Å². The number of rotatable bonds is 14. The SMILES string of the molecule is CC1(C)CCCC(C)(C)[TeH]1C(F)(F)C(F)(F)C(F)(F)C(F)(F)C(F)(F)C(F)(F)F.CCCC[TeH](CCCC)C(F)(F)F.CC[TeH](c1ccccc1)C(F)(F)F.FC(F)(F)C[TeH]1CCCC1. The minimum absolute atomic E-state index is 0.133. The van der Waals surface area contributed by atoms with Gasteiger partial charge in [-0.3, -0.25) is 0 Å². The summed E-state index contributed by atoms with van der Waals surface area (Å²) in [6.07, 6.45) is -5.80. The predicted molar refractivity (Wildman–Crippen MR) is 219 cm³/mol. The quantitative estimate of drug-likeness (QED) is 0.129. The average Bonchev–Trinajstić information content (AvgIpc) is 3.62. The van der Waals surface area contributed by atoms with E-state index in [4.69, 9.17) is 0 Å². The molecule has 0 N–H and O–H groups in total. The van der Waals surface area contributed by atoms with Gasteiger partial charge in [0.05, 0.1) is 0 Å². The third kappa shape index (κ3) is 18.4. The molecule has 394 valence electrons.